The molecule has 0 bridgehead atoms. The standard InChI is InChI=1S/C19H29N3O3S/c20-26(24,25)18-7-5-15(6-8-18)9-11-21-19(23)14-22-12-10-16-3-1-2-4-17(16)13-22/h5-8,16-17H,1-4,9-14H2,(H,21,23)(H2,20,24,25)/p+1/t16-,17-/m1/s1. The van der Waals surface area contributed by atoms with E-state index in [9.17, 15) is 13.2 Å². The molecule has 1 aliphatic heterocycles. The molecule has 1 saturated heterocycles. The number of quaternary nitrogens is 1. The summed E-state index contributed by atoms with van der Waals surface area (Å²) in [5.41, 5.74) is 0.980. The molecule has 1 aromatic carbocycles. The molecule has 26 heavy (non-hydrogen) atoms. The van der Waals surface area contributed by atoms with Crippen LogP contribution in [-0.2, 0) is 21.2 Å². The molecule has 0 aromatic heterocycles. The third-order valence-corrected chi connectivity index (χ3v) is 6.81. The molecule has 1 amide bonds. The number of nitrogens with two attached hydrogens (primary N) is 1. The van der Waals surface area contributed by atoms with Gasteiger partial charge in [0.2, 0.25) is 10.0 Å². The van der Waals surface area contributed by atoms with Gasteiger partial charge < -0.3 is 10.2 Å². The molecule has 1 aliphatic carbocycles. The van der Waals surface area contributed by atoms with E-state index in [4.69, 9.17) is 5.14 Å². The first-order chi connectivity index (χ1) is 12.4. The van der Waals surface area contributed by atoms with Crippen molar-refractivity contribution in [3.05, 3.63) is 29.8 Å². The summed E-state index contributed by atoms with van der Waals surface area (Å²) in [6.45, 7) is 3.39. The van der Waals surface area contributed by atoms with Gasteiger partial charge in [0.25, 0.3) is 5.91 Å². The summed E-state index contributed by atoms with van der Waals surface area (Å²) in [5, 5.41) is 8.08. The molecule has 2 fully saturated rings. The Balaban J connectivity index is 1.39. The molecular weight excluding hydrogens is 350 g/mol. The zero-order valence-electron chi connectivity index (χ0n) is 15.2. The average molecular weight is 381 g/mol. The number of amides is 1. The molecule has 1 aromatic rings. The van der Waals surface area contributed by atoms with E-state index in [-0.39, 0.29) is 10.8 Å². The van der Waals surface area contributed by atoms with E-state index < -0.39 is 10.0 Å². The van der Waals surface area contributed by atoms with Crippen molar-refractivity contribution in [3.63, 3.8) is 0 Å². The minimum Gasteiger partial charge on any atom is -0.351 e. The molecule has 0 spiro atoms. The number of rotatable bonds is 6. The predicted molar refractivity (Wildman–Crippen MR) is 100 cm³/mol. The predicted octanol–water partition coefficient (Wildman–Crippen LogP) is 0.0877. The summed E-state index contributed by atoms with van der Waals surface area (Å²) in [6, 6.07) is 6.49. The van der Waals surface area contributed by atoms with E-state index >= 15 is 0 Å². The van der Waals surface area contributed by atoms with Gasteiger partial charge in [0, 0.05) is 12.5 Å². The lowest BCUT2D eigenvalue weighted by molar-refractivity contribution is -0.902. The average Bonchev–Trinajstić information content (AvgIpc) is 2.61. The number of sulfonamides is 1. The normalized spacial score (nSPS) is 26.1. The third kappa shape index (κ3) is 5.28. The third-order valence-electron chi connectivity index (χ3n) is 5.88. The fraction of sp³-hybridized carbons (Fsp3) is 0.632. The Labute approximate surface area is 156 Å². The van der Waals surface area contributed by atoms with Crippen molar-refractivity contribution < 1.29 is 18.1 Å². The van der Waals surface area contributed by atoms with Crippen LogP contribution in [-0.4, -0.2) is 40.5 Å². The number of benzene rings is 1. The van der Waals surface area contributed by atoms with Crippen LogP contribution < -0.4 is 15.4 Å². The van der Waals surface area contributed by atoms with E-state index in [2.05, 4.69) is 5.32 Å². The number of likely N-dealkylation sites (tertiary alicyclic amines) is 1. The molecular formula is C19H30N3O3S+. The highest BCUT2D eigenvalue weighted by molar-refractivity contribution is 7.89. The van der Waals surface area contributed by atoms with Gasteiger partial charge in [-0.1, -0.05) is 25.0 Å². The minimum atomic E-state index is -3.65. The molecule has 0 radical (unpaired) electrons. The lowest BCUT2D eigenvalue weighted by Gasteiger charge is -2.38. The van der Waals surface area contributed by atoms with Gasteiger partial charge in [-0.2, -0.15) is 0 Å². The summed E-state index contributed by atoms with van der Waals surface area (Å²) in [7, 11) is -3.65. The fourth-order valence-corrected chi connectivity index (χ4v) is 4.95. The maximum atomic E-state index is 12.2. The maximum Gasteiger partial charge on any atom is 0.275 e. The van der Waals surface area contributed by atoms with Crippen molar-refractivity contribution in [2.45, 2.75) is 43.4 Å². The lowest BCUT2D eigenvalue weighted by atomic mass is 9.75. The molecule has 1 heterocycles. The quantitative estimate of drug-likeness (QED) is 0.653. The SMILES string of the molecule is NS(=O)(=O)c1ccc(CCNC(=O)C[NH+]2CC[C@H]3CCCC[C@@H]3C2)cc1. The topological polar surface area (TPSA) is 93.7 Å². The minimum absolute atomic E-state index is 0.107. The van der Waals surface area contributed by atoms with Crippen LogP contribution in [0.1, 0.15) is 37.7 Å². The van der Waals surface area contributed by atoms with Gasteiger partial charge in [-0.15, -0.1) is 0 Å². The summed E-state index contributed by atoms with van der Waals surface area (Å²) in [5.74, 6) is 1.82. The van der Waals surface area contributed by atoms with Crippen LogP contribution in [0.5, 0.6) is 0 Å². The van der Waals surface area contributed by atoms with E-state index in [0.717, 1.165) is 30.5 Å². The molecule has 144 valence electrons. The first-order valence-corrected chi connectivity index (χ1v) is 11.2. The van der Waals surface area contributed by atoms with Gasteiger partial charge in [0.1, 0.15) is 0 Å². The Kier molecular flexibility index (Phi) is 6.32. The van der Waals surface area contributed by atoms with Crippen LogP contribution in [0.15, 0.2) is 29.2 Å². The Hall–Kier alpha value is -1.44. The van der Waals surface area contributed by atoms with Crippen LogP contribution in [0.3, 0.4) is 0 Å². The molecule has 1 unspecified atom stereocenters. The van der Waals surface area contributed by atoms with Crippen LogP contribution in [0.4, 0.5) is 0 Å². The van der Waals surface area contributed by atoms with Gasteiger partial charge in [-0.25, -0.2) is 13.6 Å². The van der Waals surface area contributed by atoms with Crippen molar-refractivity contribution in [1.82, 2.24) is 5.32 Å². The zero-order valence-corrected chi connectivity index (χ0v) is 16.1. The first-order valence-electron chi connectivity index (χ1n) is 9.64. The molecule has 3 rings (SSSR count). The summed E-state index contributed by atoms with van der Waals surface area (Å²) >= 11 is 0. The number of fused-ring (bicyclic) bond motifs is 1. The second-order valence-corrected chi connectivity index (χ2v) is 9.32. The maximum absolute atomic E-state index is 12.2. The van der Waals surface area contributed by atoms with Crippen molar-refractivity contribution in [1.29, 1.82) is 0 Å². The number of nitrogens with one attached hydrogen (secondary N) is 2. The molecule has 3 atom stereocenters. The second-order valence-electron chi connectivity index (χ2n) is 7.76. The van der Waals surface area contributed by atoms with E-state index in [1.165, 1.54) is 49.1 Å². The molecule has 6 nitrogen and oxygen atoms in total. The van der Waals surface area contributed by atoms with E-state index in [1.807, 2.05) is 0 Å². The number of piperidine rings is 1. The van der Waals surface area contributed by atoms with Gasteiger partial charge in [0.05, 0.1) is 18.0 Å². The van der Waals surface area contributed by atoms with E-state index in [1.54, 1.807) is 12.1 Å². The highest BCUT2D eigenvalue weighted by Gasteiger charge is 2.34. The smallest absolute Gasteiger partial charge is 0.275 e. The van der Waals surface area contributed by atoms with Gasteiger partial charge >= 0.3 is 0 Å². The lowest BCUT2D eigenvalue weighted by Crippen LogP contribution is -3.15. The number of carbonyl (C=O) groups excluding carboxylic acids is 1. The van der Waals surface area contributed by atoms with Crippen molar-refractivity contribution in [3.8, 4) is 0 Å². The molecule has 2 aliphatic rings. The summed E-state index contributed by atoms with van der Waals surface area (Å²) in [6.07, 6.45) is 7.40. The molecule has 7 heteroatoms. The Morgan fingerprint density at radius 2 is 1.81 bits per heavy atom. The number of carbonyl (C=O) groups is 1. The van der Waals surface area contributed by atoms with Crippen LogP contribution in [0.2, 0.25) is 0 Å². The van der Waals surface area contributed by atoms with Crippen molar-refractivity contribution in [2.24, 2.45) is 17.0 Å². The van der Waals surface area contributed by atoms with Gasteiger partial charge in [-0.05, 0) is 49.3 Å². The highest BCUT2D eigenvalue weighted by atomic mass is 32.2. The van der Waals surface area contributed by atoms with Crippen LogP contribution in [0, 0.1) is 11.8 Å². The number of primary sulfonamides is 1. The number of hydrogen-bond donors (Lipinski definition) is 3. The monoisotopic (exact) mass is 380 g/mol. The highest BCUT2D eigenvalue weighted by Crippen LogP contribution is 2.32. The van der Waals surface area contributed by atoms with Gasteiger partial charge in [0.15, 0.2) is 6.54 Å². The Bertz CT molecular complexity index is 718. The molecule has 4 N–H and O–H groups in total. The van der Waals surface area contributed by atoms with E-state index in [0.29, 0.717) is 19.5 Å². The molecule has 1 saturated carbocycles. The van der Waals surface area contributed by atoms with Crippen molar-refractivity contribution >= 4 is 15.9 Å². The van der Waals surface area contributed by atoms with Gasteiger partial charge in [-0.3, -0.25) is 4.79 Å². The Morgan fingerprint density at radius 1 is 1.12 bits per heavy atom. The largest absolute Gasteiger partial charge is 0.351 e. The fourth-order valence-electron chi connectivity index (χ4n) is 4.44. The number of hydrogen-bond acceptors (Lipinski definition) is 3. The summed E-state index contributed by atoms with van der Waals surface area (Å²) < 4.78 is 22.5. The van der Waals surface area contributed by atoms with Crippen LogP contribution >= 0.6 is 0 Å². The Morgan fingerprint density at radius 3 is 2.50 bits per heavy atom. The first kappa shape index (κ1) is 19.3. The summed E-state index contributed by atoms with van der Waals surface area (Å²) in [4.78, 5) is 13.8. The second kappa shape index (κ2) is 8.50. The van der Waals surface area contributed by atoms with Crippen molar-refractivity contribution in [2.75, 3.05) is 26.2 Å². The zero-order chi connectivity index (χ0) is 18.6. The van der Waals surface area contributed by atoms with Crippen LogP contribution in [0.25, 0.3) is 0 Å².